The summed E-state index contributed by atoms with van der Waals surface area (Å²) in [5.41, 5.74) is 3.32. The average molecular weight is 373 g/mol. The van der Waals surface area contributed by atoms with Crippen LogP contribution in [0.1, 0.15) is 15.9 Å². The predicted molar refractivity (Wildman–Crippen MR) is 83.5 cm³/mol. The van der Waals surface area contributed by atoms with Crippen LogP contribution in [0, 0.1) is 0 Å². The fourth-order valence-corrected chi connectivity index (χ4v) is 2.25. The zero-order chi connectivity index (χ0) is 14.5. The van der Waals surface area contributed by atoms with Crippen molar-refractivity contribution in [2.45, 2.75) is 0 Å². The van der Waals surface area contributed by atoms with Crippen molar-refractivity contribution in [3.63, 3.8) is 0 Å². The Morgan fingerprint density at radius 3 is 2.65 bits per heavy atom. The number of benzene rings is 1. The third-order valence-corrected chi connectivity index (χ3v) is 3.42. The molecule has 1 heterocycles. The summed E-state index contributed by atoms with van der Waals surface area (Å²) in [6, 6.07) is 6.75. The van der Waals surface area contributed by atoms with Gasteiger partial charge in [0.15, 0.2) is 0 Å². The molecule has 4 nitrogen and oxygen atoms in total. The number of aromatic nitrogens is 1. The number of nitrogens with zero attached hydrogens (tertiary/aromatic N) is 2. The van der Waals surface area contributed by atoms with Gasteiger partial charge in [0.2, 0.25) is 0 Å². The molecule has 102 valence electrons. The summed E-state index contributed by atoms with van der Waals surface area (Å²) >= 11 is 15.2. The van der Waals surface area contributed by atoms with E-state index in [1.54, 1.807) is 30.5 Å². The molecule has 0 fully saturated rings. The average Bonchev–Trinajstić information content (AvgIpc) is 2.42. The van der Waals surface area contributed by atoms with Crippen molar-refractivity contribution in [1.82, 2.24) is 10.4 Å². The second kappa shape index (κ2) is 6.83. The smallest absolute Gasteiger partial charge is 0.267 e. The van der Waals surface area contributed by atoms with Gasteiger partial charge in [0.1, 0.15) is 0 Å². The third-order valence-electron chi connectivity index (χ3n) is 2.33. The molecule has 0 radical (unpaired) electrons. The Morgan fingerprint density at radius 1 is 1.30 bits per heavy atom. The van der Waals surface area contributed by atoms with Crippen molar-refractivity contribution in [3.05, 3.63) is 62.3 Å². The van der Waals surface area contributed by atoms with Gasteiger partial charge in [-0.2, -0.15) is 5.10 Å². The second-order valence-electron chi connectivity index (χ2n) is 3.73. The Morgan fingerprint density at radius 2 is 2.00 bits per heavy atom. The van der Waals surface area contributed by atoms with E-state index < -0.39 is 0 Å². The van der Waals surface area contributed by atoms with Crippen molar-refractivity contribution in [2.24, 2.45) is 5.10 Å². The summed E-state index contributed by atoms with van der Waals surface area (Å²) < 4.78 is 0.711. The number of carbonyl (C=O) groups is 1. The highest BCUT2D eigenvalue weighted by atomic mass is 79.9. The number of rotatable bonds is 3. The van der Waals surface area contributed by atoms with Crippen molar-refractivity contribution in [1.29, 1.82) is 0 Å². The van der Waals surface area contributed by atoms with E-state index in [9.17, 15) is 4.79 Å². The fraction of sp³-hybridized carbons (Fsp3) is 0. The number of carbonyl (C=O) groups excluding carboxylic acids is 1. The molecule has 0 saturated carbocycles. The standard InChI is InChI=1S/C13H8BrCl2N3O/c14-9-4-8(5-17-6-9)13(20)19-18-7-10-11(15)2-1-3-12(10)16/h1-7H,(H,19,20)/b18-7+. The molecule has 1 aromatic heterocycles. The van der Waals surface area contributed by atoms with E-state index in [4.69, 9.17) is 23.2 Å². The number of halogens is 3. The van der Waals surface area contributed by atoms with E-state index in [0.717, 1.165) is 0 Å². The van der Waals surface area contributed by atoms with Crippen molar-refractivity contribution < 1.29 is 4.79 Å². The SMILES string of the molecule is O=C(N/N=C/c1c(Cl)cccc1Cl)c1cncc(Br)c1. The zero-order valence-electron chi connectivity index (χ0n) is 9.98. The summed E-state index contributed by atoms with van der Waals surface area (Å²) in [7, 11) is 0. The molecule has 1 aromatic carbocycles. The lowest BCUT2D eigenvalue weighted by molar-refractivity contribution is 0.0954. The Balaban J connectivity index is 2.09. The van der Waals surface area contributed by atoms with Crippen LogP contribution in [0.15, 0.2) is 46.2 Å². The zero-order valence-corrected chi connectivity index (χ0v) is 13.1. The Kier molecular flexibility index (Phi) is 5.11. The lowest BCUT2D eigenvalue weighted by atomic mass is 10.2. The van der Waals surface area contributed by atoms with Gasteiger partial charge in [-0.05, 0) is 34.1 Å². The lowest BCUT2D eigenvalue weighted by Gasteiger charge is -2.02. The van der Waals surface area contributed by atoms with Crippen LogP contribution in [0.2, 0.25) is 10.0 Å². The van der Waals surface area contributed by atoms with Crippen LogP contribution in [-0.2, 0) is 0 Å². The molecule has 1 N–H and O–H groups in total. The topological polar surface area (TPSA) is 54.4 Å². The maximum absolute atomic E-state index is 11.8. The quantitative estimate of drug-likeness (QED) is 0.655. The molecular formula is C13H8BrCl2N3O. The second-order valence-corrected chi connectivity index (χ2v) is 5.46. The summed E-state index contributed by atoms with van der Waals surface area (Å²) in [4.78, 5) is 15.7. The Bertz CT molecular complexity index is 656. The number of hydrazone groups is 1. The molecule has 2 rings (SSSR count). The number of hydrogen-bond donors (Lipinski definition) is 1. The van der Waals surface area contributed by atoms with Crippen molar-refractivity contribution in [2.75, 3.05) is 0 Å². The number of hydrogen-bond acceptors (Lipinski definition) is 3. The monoisotopic (exact) mass is 371 g/mol. The van der Waals surface area contributed by atoms with E-state index >= 15 is 0 Å². The maximum Gasteiger partial charge on any atom is 0.272 e. The van der Waals surface area contributed by atoms with Gasteiger partial charge >= 0.3 is 0 Å². The molecular weight excluding hydrogens is 365 g/mol. The van der Waals surface area contributed by atoms with Crippen molar-refractivity contribution in [3.8, 4) is 0 Å². The first-order valence-electron chi connectivity index (χ1n) is 5.46. The van der Waals surface area contributed by atoms with E-state index in [1.807, 2.05) is 0 Å². The van der Waals surface area contributed by atoms with Crippen LogP contribution in [0.5, 0.6) is 0 Å². The first-order valence-corrected chi connectivity index (χ1v) is 7.01. The molecule has 0 unspecified atom stereocenters. The minimum atomic E-state index is -0.377. The van der Waals surface area contributed by atoms with Crippen LogP contribution < -0.4 is 5.43 Å². The van der Waals surface area contributed by atoms with E-state index in [-0.39, 0.29) is 5.91 Å². The van der Waals surface area contributed by atoms with Gasteiger partial charge in [-0.3, -0.25) is 9.78 Å². The van der Waals surface area contributed by atoms with Crippen molar-refractivity contribution >= 4 is 51.3 Å². The fourth-order valence-electron chi connectivity index (χ4n) is 1.39. The first kappa shape index (κ1) is 15.0. The van der Waals surface area contributed by atoms with E-state index in [0.29, 0.717) is 25.6 Å². The molecule has 0 aliphatic heterocycles. The highest BCUT2D eigenvalue weighted by Gasteiger charge is 2.06. The van der Waals surface area contributed by atoms with Gasteiger partial charge in [0, 0.05) is 22.4 Å². The number of nitrogens with one attached hydrogen (secondary N) is 1. The number of amides is 1. The summed E-state index contributed by atoms with van der Waals surface area (Å²) in [5.74, 6) is -0.377. The molecule has 0 aliphatic rings. The van der Waals surface area contributed by atoms with E-state index in [2.05, 4.69) is 31.4 Å². The van der Waals surface area contributed by atoms with Gasteiger partial charge < -0.3 is 0 Å². The molecule has 7 heteroatoms. The molecule has 20 heavy (non-hydrogen) atoms. The van der Waals surface area contributed by atoms with Crippen LogP contribution in [0.3, 0.4) is 0 Å². The van der Waals surface area contributed by atoms with Gasteiger partial charge in [0.05, 0.1) is 21.8 Å². The first-order chi connectivity index (χ1) is 9.58. The van der Waals surface area contributed by atoms with Crippen LogP contribution >= 0.6 is 39.1 Å². The van der Waals surface area contributed by atoms with Gasteiger partial charge in [-0.1, -0.05) is 29.3 Å². The van der Waals surface area contributed by atoms with E-state index in [1.165, 1.54) is 12.4 Å². The predicted octanol–water partition coefficient (Wildman–Crippen LogP) is 3.91. The molecule has 0 saturated heterocycles. The largest absolute Gasteiger partial charge is 0.272 e. The highest BCUT2D eigenvalue weighted by Crippen LogP contribution is 2.22. The van der Waals surface area contributed by atoms with Crippen LogP contribution in [0.25, 0.3) is 0 Å². The Hall–Kier alpha value is -1.43. The van der Waals surface area contributed by atoms with Gasteiger partial charge in [-0.15, -0.1) is 0 Å². The van der Waals surface area contributed by atoms with Gasteiger partial charge in [-0.25, -0.2) is 5.43 Å². The summed E-state index contributed by atoms with van der Waals surface area (Å²) in [6.07, 6.45) is 4.43. The summed E-state index contributed by atoms with van der Waals surface area (Å²) in [5, 5.41) is 4.75. The summed E-state index contributed by atoms with van der Waals surface area (Å²) in [6.45, 7) is 0. The minimum absolute atomic E-state index is 0.377. The Labute approximate surface area is 133 Å². The van der Waals surface area contributed by atoms with Crippen LogP contribution in [0.4, 0.5) is 0 Å². The highest BCUT2D eigenvalue weighted by molar-refractivity contribution is 9.10. The minimum Gasteiger partial charge on any atom is -0.267 e. The molecule has 2 aromatic rings. The third kappa shape index (κ3) is 3.79. The molecule has 1 amide bonds. The lowest BCUT2D eigenvalue weighted by Crippen LogP contribution is -2.17. The molecule has 0 aliphatic carbocycles. The number of pyridine rings is 1. The molecule has 0 spiro atoms. The van der Waals surface area contributed by atoms with Crippen LogP contribution in [-0.4, -0.2) is 17.1 Å². The maximum atomic E-state index is 11.8. The van der Waals surface area contributed by atoms with Gasteiger partial charge in [0.25, 0.3) is 5.91 Å². The normalized spacial score (nSPS) is 10.8. The molecule has 0 atom stereocenters. The molecule has 0 bridgehead atoms.